The summed E-state index contributed by atoms with van der Waals surface area (Å²) in [6.45, 7) is 1.89. The second-order valence-electron chi connectivity index (χ2n) is 2.21. The fourth-order valence-electron chi connectivity index (χ4n) is 0.786. The Bertz CT molecular complexity index is 276. The van der Waals surface area contributed by atoms with E-state index in [0.29, 0.717) is 5.75 Å². The van der Waals surface area contributed by atoms with Crippen LogP contribution in [-0.4, -0.2) is 6.09 Å². The molecule has 0 bridgehead atoms. The molecule has 0 aromatic heterocycles. The number of hydrogen-bond donors (Lipinski definition) is 0. The normalized spacial score (nSPS) is 8.42. The molecule has 1 aromatic carbocycles. The number of aryl methyl sites for hydroxylation is 1. The Morgan fingerprint density at radius 3 is 2.67 bits per heavy atom. The predicted octanol–water partition coefficient (Wildman–Crippen LogP) is 2.54. The minimum atomic E-state index is -1.03. The van der Waals surface area contributed by atoms with Gasteiger partial charge in [0, 0.05) is 32.7 Å². The summed E-state index contributed by atoms with van der Waals surface area (Å²) in [6.07, 6.45) is -1.03. The standard InChI is InChI=1S/C8H9NO2.Y/c1-6-3-2-4-7(5-6)11-8(9)10;/h2-5H,1H3,(H2,9,10);/p-1. The van der Waals surface area contributed by atoms with E-state index >= 15 is 0 Å². The van der Waals surface area contributed by atoms with E-state index < -0.39 is 6.09 Å². The van der Waals surface area contributed by atoms with Crippen molar-refractivity contribution in [3.05, 3.63) is 35.6 Å². The maximum atomic E-state index is 10.2. The Morgan fingerprint density at radius 1 is 1.50 bits per heavy atom. The zero-order valence-corrected chi connectivity index (χ0v) is 9.54. The Labute approximate surface area is 96.2 Å². The fraction of sp³-hybridized carbons (Fsp3) is 0.125. The molecule has 0 aliphatic carbocycles. The van der Waals surface area contributed by atoms with Crippen LogP contribution in [0, 0.1) is 6.92 Å². The molecule has 0 fully saturated rings. The van der Waals surface area contributed by atoms with E-state index in [2.05, 4.69) is 4.74 Å². The van der Waals surface area contributed by atoms with Crippen LogP contribution in [0.25, 0.3) is 5.73 Å². The first kappa shape index (κ1) is 11.6. The van der Waals surface area contributed by atoms with E-state index in [1.54, 1.807) is 18.2 Å². The second-order valence-corrected chi connectivity index (χ2v) is 2.21. The van der Waals surface area contributed by atoms with E-state index in [1.807, 2.05) is 13.0 Å². The molecule has 1 radical (unpaired) electrons. The molecule has 61 valence electrons. The number of rotatable bonds is 1. The zero-order valence-electron chi connectivity index (χ0n) is 6.70. The summed E-state index contributed by atoms with van der Waals surface area (Å²) >= 11 is 0. The first-order valence-corrected chi connectivity index (χ1v) is 3.18. The van der Waals surface area contributed by atoms with Gasteiger partial charge >= 0.3 is 0 Å². The van der Waals surface area contributed by atoms with Crippen LogP contribution in [0.15, 0.2) is 24.3 Å². The van der Waals surface area contributed by atoms with Gasteiger partial charge in [0.05, 0.1) is 0 Å². The van der Waals surface area contributed by atoms with Crippen molar-refractivity contribution < 1.29 is 42.2 Å². The topological polar surface area (TPSA) is 50.1 Å². The monoisotopic (exact) mass is 239 g/mol. The second kappa shape index (κ2) is 5.28. The fourth-order valence-corrected chi connectivity index (χ4v) is 0.786. The van der Waals surface area contributed by atoms with Crippen molar-refractivity contribution >= 4 is 6.09 Å². The van der Waals surface area contributed by atoms with Gasteiger partial charge in [-0.3, -0.25) is 4.79 Å². The van der Waals surface area contributed by atoms with Crippen LogP contribution < -0.4 is 4.74 Å². The summed E-state index contributed by atoms with van der Waals surface area (Å²) in [4.78, 5) is 10.2. The molecule has 4 heteroatoms. The number of hydrogen-bond acceptors (Lipinski definition) is 2. The molecule has 0 saturated heterocycles. The third-order valence-electron chi connectivity index (χ3n) is 1.20. The molecule has 12 heavy (non-hydrogen) atoms. The summed E-state index contributed by atoms with van der Waals surface area (Å²) in [5.74, 6) is 0.421. The minimum absolute atomic E-state index is 0. The van der Waals surface area contributed by atoms with Gasteiger partial charge in [0.2, 0.25) is 6.09 Å². The van der Waals surface area contributed by atoms with Crippen LogP contribution in [0.5, 0.6) is 5.75 Å². The largest absolute Gasteiger partial charge is 0.631 e. The molecular formula is C8H8NO2Y-. The Balaban J connectivity index is 0.00000121. The van der Waals surface area contributed by atoms with Gasteiger partial charge < -0.3 is 10.5 Å². The van der Waals surface area contributed by atoms with E-state index in [4.69, 9.17) is 5.73 Å². The third kappa shape index (κ3) is 3.83. The molecular weight excluding hydrogens is 231 g/mol. The predicted molar refractivity (Wildman–Crippen MR) is 41.5 cm³/mol. The first-order valence-electron chi connectivity index (χ1n) is 3.18. The number of benzene rings is 1. The molecule has 0 atom stereocenters. The van der Waals surface area contributed by atoms with Gasteiger partial charge in [-0.25, -0.2) is 0 Å². The van der Waals surface area contributed by atoms with Crippen molar-refractivity contribution in [1.29, 1.82) is 0 Å². The summed E-state index contributed by atoms with van der Waals surface area (Å²) in [6, 6.07) is 7.00. The third-order valence-corrected chi connectivity index (χ3v) is 1.20. The molecule has 0 aliphatic heterocycles. The van der Waals surface area contributed by atoms with Crippen molar-refractivity contribution in [1.82, 2.24) is 0 Å². The van der Waals surface area contributed by atoms with Gasteiger partial charge in [0.1, 0.15) is 5.75 Å². The molecule has 1 amide bonds. The summed E-state index contributed by atoms with van der Waals surface area (Å²) in [7, 11) is 0. The molecule has 0 aliphatic rings. The van der Waals surface area contributed by atoms with E-state index in [-0.39, 0.29) is 32.7 Å². The van der Waals surface area contributed by atoms with Crippen molar-refractivity contribution in [3.8, 4) is 5.75 Å². The van der Waals surface area contributed by atoms with E-state index in [1.165, 1.54) is 0 Å². The summed E-state index contributed by atoms with van der Waals surface area (Å²) in [5, 5.41) is 0. The molecule has 3 nitrogen and oxygen atoms in total. The van der Waals surface area contributed by atoms with Crippen molar-refractivity contribution in [2.75, 3.05) is 0 Å². The van der Waals surface area contributed by atoms with E-state index in [0.717, 1.165) is 5.56 Å². The molecule has 0 heterocycles. The van der Waals surface area contributed by atoms with Gasteiger partial charge in [-0.1, -0.05) is 12.1 Å². The van der Waals surface area contributed by atoms with Gasteiger partial charge in [0.25, 0.3) is 0 Å². The smallest absolute Gasteiger partial charge is 0.232 e. The molecule has 1 aromatic rings. The summed E-state index contributed by atoms with van der Waals surface area (Å²) in [5.41, 5.74) is 7.53. The number of amides is 1. The number of carbonyl (C=O) groups excluding carboxylic acids is 1. The van der Waals surface area contributed by atoms with Crippen LogP contribution in [-0.2, 0) is 32.7 Å². The van der Waals surface area contributed by atoms with Crippen molar-refractivity contribution in [3.63, 3.8) is 0 Å². The van der Waals surface area contributed by atoms with Crippen LogP contribution in [0.1, 0.15) is 5.56 Å². The van der Waals surface area contributed by atoms with Crippen LogP contribution >= 0.6 is 0 Å². The first-order chi connectivity index (χ1) is 5.18. The SMILES string of the molecule is Cc1cccc(OC([NH-])=O)c1.[Y]. The Kier molecular flexibility index (Phi) is 5.10. The molecule has 0 unspecified atom stereocenters. The number of ether oxygens (including phenoxy) is 1. The maximum Gasteiger partial charge on any atom is 0.232 e. The number of carbonyl (C=O) groups is 1. The molecule has 0 saturated carbocycles. The number of nitrogens with one attached hydrogen (secondary N) is 1. The summed E-state index contributed by atoms with van der Waals surface area (Å²) < 4.78 is 4.52. The van der Waals surface area contributed by atoms with E-state index in [9.17, 15) is 4.79 Å². The van der Waals surface area contributed by atoms with Crippen molar-refractivity contribution in [2.45, 2.75) is 6.92 Å². The Morgan fingerprint density at radius 2 is 2.17 bits per heavy atom. The minimum Gasteiger partial charge on any atom is -0.631 e. The molecule has 1 rings (SSSR count). The quantitative estimate of drug-likeness (QED) is 0.755. The van der Waals surface area contributed by atoms with Gasteiger partial charge in [-0.05, 0) is 24.6 Å². The van der Waals surface area contributed by atoms with Crippen LogP contribution in [0.4, 0.5) is 4.79 Å². The van der Waals surface area contributed by atoms with Gasteiger partial charge in [-0.2, -0.15) is 0 Å². The zero-order chi connectivity index (χ0) is 8.27. The van der Waals surface area contributed by atoms with Gasteiger partial charge in [-0.15, -0.1) is 0 Å². The molecule has 0 spiro atoms. The average molecular weight is 239 g/mol. The molecule has 1 N–H and O–H groups in total. The van der Waals surface area contributed by atoms with Crippen molar-refractivity contribution in [2.24, 2.45) is 0 Å². The Hall–Kier alpha value is -0.406. The average Bonchev–Trinajstić information content (AvgIpc) is 1.85. The van der Waals surface area contributed by atoms with Crippen LogP contribution in [0.3, 0.4) is 0 Å². The van der Waals surface area contributed by atoms with Gasteiger partial charge in [0.15, 0.2) is 0 Å². The maximum absolute atomic E-state index is 10.2. The van der Waals surface area contributed by atoms with Crippen LogP contribution in [0.2, 0.25) is 0 Å².